The number of aliphatic hydroxyl groups excluding tert-OH is 1. The maximum Gasteiger partial charge on any atom is 0.191 e. The van der Waals surface area contributed by atoms with Gasteiger partial charge in [-0.25, -0.2) is 8.78 Å². The highest BCUT2D eigenvalue weighted by Crippen LogP contribution is 2.25. The Kier molecular flexibility index (Phi) is 4.68. The Bertz CT molecular complexity index is 330. The first kappa shape index (κ1) is 12.9. The molecule has 0 aliphatic heterocycles. The topological polar surface area (TPSA) is 29.5 Å². The Hall–Kier alpha value is -1.16. The van der Waals surface area contributed by atoms with Crippen LogP contribution in [0.5, 0.6) is 5.75 Å². The van der Waals surface area contributed by atoms with Crippen molar-refractivity contribution in [3.05, 3.63) is 29.3 Å². The van der Waals surface area contributed by atoms with Crippen molar-refractivity contribution < 1.29 is 18.6 Å². The van der Waals surface area contributed by atoms with Crippen LogP contribution >= 0.6 is 0 Å². The summed E-state index contributed by atoms with van der Waals surface area (Å²) in [7, 11) is 0. The van der Waals surface area contributed by atoms with Gasteiger partial charge >= 0.3 is 0 Å². The van der Waals surface area contributed by atoms with Gasteiger partial charge in [0.1, 0.15) is 0 Å². The molecule has 0 aromatic heterocycles. The summed E-state index contributed by atoms with van der Waals surface area (Å²) in [6, 6.07) is 2.16. The van der Waals surface area contributed by atoms with E-state index in [0.717, 1.165) is 25.0 Å². The van der Waals surface area contributed by atoms with Crippen molar-refractivity contribution in [2.24, 2.45) is 0 Å². The van der Waals surface area contributed by atoms with Crippen molar-refractivity contribution in [3.63, 3.8) is 0 Å². The molecule has 1 N–H and O–H groups in total. The predicted octanol–water partition coefficient (Wildman–Crippen LogP) is 3.02. The van der Waals surface area contributed by atoms with Crippen LogP contribution in [0.15, 0.2) is 12.1 Å². The third-order valence-electron chi connectivity index (χ3n) is 2.25. The van der Waals surface area contributed by atoms with E-state index in [1.54, 1.807) is 6.92 Å². The Balaban J connectivity index is 2.87. The van der Waals surface area contributed by atoms with E-state index in [9.17, 15) is 8.78 Å². The van der Waals surface area contributed by atoms with Crippen LogP contribution in [0.4, 0.5) is 8.78 Å². The average Bonchev–Trinajstić information content (AvgIpc) is 2.23. The molecular formula is C12H16F2O2. The molecule has 1 rings (SSSR count). The number of aliphatic hydroxyl groups is 1. The Morgan fingerprint density at radius 1 is 1.31 bits per heavy atom. The zero-order valence-corrected chi connectivity index (χ0v) is 9.46. The molecule has 2 nitrogen and oxygen atoms in total. The lowest BCUT2D eigenvalue weighted by Gasteiger charge is -2.15. The van der Waals surface area contributed by atoms with Crippen LogP contribution in [0.3, 0.4) is 0 Å². The van der Waals surface area contributed by atoms with Crippen LogP contribution in [-0.4, -0.2) is 11.2 Å². The Morgan fingerprint density at radius 2 is 1.88 bits per heavy atom. The van der Waals surface area contributed by atoms with Crippen molar-refractivity contribution in [3.8, 4) is 5.75 Å². The highest BCUT2D eigenvalue weighted by molar-refractivity contribution is 5.31. The largest absolute Gasteiger partial charge is 0.485 e. The molecule has 0 aliphatic rings. The summed E-state index contributed by atoms with van der Waals surface area (Å²) in [6.07, 6.45) is 1.40. The van der Waals surface area contributed by atoms with E-state index in [1.807, 2.05) is 6.92 Å². The smallest absolute Gasteiger partial charge is 0.191 e. The van der Waals surface area contributed by atoms with Crippen LogP contribution in [0.2, 0.25) is 0 Å². The van der Waals surface area contributed by atoms with Crippen LogP contribution in [-0.2, 0) is 6.61 Å². The number of ether oxygens (including phenoxy) is 1. The first-order chi connectivity index (χ1) is 7.58. The van der Waals surface area contributed by atoms with Crippen LogP contribution in [0.25, 0.3) is 0 Å². The van der Waals surface area contributed by atoms with Gasteiger partial charge in [-0.1, -0.05) is 13.3 Å². The normalized spacial score (nSPS) is 12.6. The molecule has 16 heavy (non-hydrogen) atoms. The predicted molar refractivity (Wildman–Crippen MR) is 57.3 cm³/mol. The number of halogens is 2. The van der Waals surface area contributed by atoms with E-state index in [2.05, 4.69) is 0 Å². The third kappa shape index (κ3) is 3.17. The van der Waals surface area contributed by atoms with Gasteiger partial charge in [-0.3, -0.25) is 0 Å². The molecule has 0 amide bonds. The van der Waals surface area contributed by atoms with Gasteiger partial charge < -0.3 is 9.84 Å². The zero-order chi connectivity index (χ0) is 12.1. The van der Waals surface area contributed by atoms with E-state index in [-0.39, 0.29) is 17.4 Å². The number of hydrogen-bond donors (Lipinski definition) is 1. The molecule has 0 radical (unpaired) electrons. The molecule has 90 valence electrons. The molecule has 0 spiro atoms. The molecule has 0 heterocycles. The summed E-state index contributed by atoms with van der Waals surface area (Å²) in [6.45, 7) is 3.35. The van der Waals surface area contributed by atoms with E-state index in [4.69, 9.17) is 9.84 Å². The maximum atomic E-state index is 13.4. The van der Waals surface area contributed by atoms with Crippen molar-refractivity contribution in [2.45, 2.75) is 39.4 Å². The number of benzene rings is 1. The average molecular weight is 230 g/mol. The molecule has 1 aromatic rings. The monoisotopic (exact) mass is 230 g/mol. The van der Waals surface area contributed by atoms with Gasteiger partial charge in [0.25, 0.3) is 0 Å². The summed E-state index contributed by atoms with van der Waals surface area (Å²) in [4.78, 5) is 0. The van der Waals surface area contributed by atoms with Crippen LogP contribution in [0, 0.1) is 11.6 Å². The van der Waals surface area contributed by atoms with Crippen molar-refractivity contribution >= 4 is 0 Å². The van der Waals surface area contributed by atoms with E-state index in [1.165, 1.54) is 0 Å². The SMILES string of the molecule is CCCC(C)Oc1c(F)cc(CO)cc1F. The van der Waals surface area contributed by atoms with Crippen LogP contribution in [0.1, 0.15) is 32.3 Å². The quantitative estimate of drug-likeness (QED) is 0.842. The number of rotatable bonds is 5. The second kappa shape index (κ2) is 5.80. The summed E-state index contributed by atoms with van der Waals surface area (Å²) >= 11 is 0. The van der Waals surface area contributed by atoms with Gasteiger partial charge in [0.2, 0.25) is 0 Å². The lowest BCUT2D eigenvalue weighted by Crippen LogP contribution is -2.13. The van der Waals surface area contributed by atoms with Gasteiger partial charge in [0.05, 0.1) is 12.7 Å². The Labute approximate surface area is 93.9 Å². The fraction of sp³-hybridized carbons (Fsp3) is 0.500. The molecule has 0 fully saturated rings. The number of hydrogen-bond acceptors (Lipinski definition) is 2. The van der Waals surface area contributed by atoms with Crippen molar-refractivity contribution in [2.75, 3.05) is 0 Å². The molecule has 1 unspecified atom stereocenters. The summed E-state index contributed by atoms with van der Waals surface area (Å²) in [5.41, 5.74) is 0.200. The second-order valence-corrected chi connectivity index (χ2v) is 3.76. The highest BCUT2D eigenvalue weighted by Gasteiger charge is 2.14. The molecule has 4 heteroatoms. The fourth-order valence-corrected chi connectivity index (χ4v) is 1.48. The van der Waals surface area contributed by atoms with Crippen LogP contribution < -0.4 is 4.74 Å². The molecule has 0 bridgehead atoms. The third-order valence-corrected chi connectivity index (χ3v) is 2.25. The van der Waals surface area contributed by atoms with Gasteiger partial charge in [-0.2, -0.15) is 0 Å². The van der Waals surface area contributed by atoms with E-state index >= 15 is 0 Å². The molecule has 0 saturated carbocycles. The van der Waals surface area contributed by atoms with E-state index < -0.39 is 18.2 Å². The summed E-state index contributed by atoms with van der Waals surface area (Å²) in [5.74, 6) is -1.91. The Morgan fingerprint density at radius 3 is 2.31 bits per heavy atom. The standard InChI is InChI=1S/C12H16F2O2/c1-3-4-8(2)16-12-10(13)5-9(7-15)6-11(12)14/h5-6,8,15H,3-4,7H2,1-2H3. The van der Waals surface area contributed by atoms with Gasteiger partial charge in [0.15, 0.2) is 17.4 Å². The fourth-order valence-electron chi connectivity index (χ4n) is 1.48. The van der Waals surface area contributed by atoms with E-state index in [0.29, 0.717) is 0 Å². The maximum absolute atomic E-state index is 13.4. The zero-order valence-electron chi connectivity index (χ0n) is 9.46. The highest BCUT2D eigenvalue weighted by atomic mass is 19.1. The molecule has 1 atom stereocenters. The minimum Gasteiger partial charge on any atom is -0.485 e. The van der Waals surface area contributed by atoms with Gasteiger partial charge in [0, 0.05) is 0 Å². The lowest BCUT2D eigenvalue weighted by molar-refractivity contribution is 0.190. The first-order valence-electron chi connectivity index (χ1n) is 5.33. The molecule has 0 aliphatic carbocycles. The minimum atomic E-state index is -0.771. The molecule has 0 saturated heterocycles. The molecular weight excluding hydrogens is 214 g/mol. The summed E-state index contributed by atoms with van der Waals surface area (Å²) < 4.78 is 32.0. The minimum absolute atomic E-state index is 0.200. The molecule has 1 aromatic carbocycles. The van der Waals surface area contributed by atoms with Crippen molar-refractivity contribution in [1.82, 2.24) is 0 Å². The lowest BCUT2D eigenvalue weighted by atomic mass is 10.2. The summed E-state index contributed by atoms with van der Waals surface area (Å²) in [5, 5.41) is 8.77. The first-order valence-corrected chi connectivity index (χ1v) is 5.33. The second-order valence-electron chi connectivity index (χ2n) is 3.76. The van der Waals surface area contributed by atoms with Crippen molar-refractivity contribution in [1.29, 1.82) is 0 Å². The van der Waals surface area contributed by atoms with Gasteiger partial charge in [-0.05, 0) is 31.0 Å². The van der Waals surface area contributed by atoms with Gasteiger partial charge in [-0.15, -0.1) is 0 Å².